The second-order valence-corrected chi connectivity index (χ2v) is 4.98. The van der Waals surface area contributed by atoms with Crippen LogP contribution in [0, 0.1) is 5.82 Å². The van der Waals surface area contributed by atoms with Crippen molar-refractivity contribution in [1.29, 1.82) is 0 Å². The molecule has 0 aliphatic rings. The summed E-state index contributed by atoms with van der Waals surface area (Å²) in [7, 11) is 0. The molecule has 0 amide bonds. The van der Waals surface area contributed by atoms with Crippen molar-refractivity contribution in [3.05, 3.63) is 52.6 Å². The van der Waals surface area contributed by atoms with Crippen molar-refractivity contribution in [3.8, 4) is 0 Å². The van der Waals surface area contributed by atoms with Crippen LogP contribution in [0.5, 0.6) is 0 Å². The lowest BCUT2D eigenvalue weighted by Gasteiger charge is -2.05. The molecule has 1 aromatic heterocycles. The van der Waals surface area contributed by atoms with Crippen LogP contribution in [0.15, 0.2) is 30.5 Å². The van der Waals surface area contributed by atoms with Crippen molar-refractivity contribution < 1.29 is 9.18 Å². The third-order valence-electron chi connectivity index (χ3n) is 2.78. The van der Waals surface area contributed by atoms with Gasteiger partial charge in [-0.3, -0.25) is 9.48 Å². The quantitative estimate of drug-likeness (QED) is 0.801. The molecule has 1 heterocycles. The first-order valence-electron chi connectivity index (χ1n) is 6.00. The molecule has 0 radical (unpaired) electrons. The van der Waals surface area contributed by atoms with Gasteiger partial charge in [0.15, 0.2) is 5.78 Å². The lowest BCUT2D eigenvalue weighted by molar-refractivity contribution is 0.0988. The topological polar surface area (TPSA) is 34.9 Å². The SMILES string of the molecule is CC(C)n1ccc(CC(=O)c2c(F)cccc2Cl)n1. The highest BCUT2D eigenvalue weighted by atomic mass is 35.5. The van der Waals surface area contributed by atoms with E-state index in [1.165, 1.54) is 18.2 Å². The molecule has 0 bridgehead atoms. The lowest BCUT2D eigenvalue weighted by atomic mass is 10.1. The van der Waals surface area contributed by atoms with Gasteiger partial charge in [0.2, 0.25) is 0 Å². The lowest BCUT2D eigenvalue weighted by Crippen LogP contribution is -2.09. The van der Waals surface area contributed by atoms with E-state index in [1.54, 1.807) is 16.9 Å². The number of aromatic nitrogens is 2. The summed E-state index contributed by atoms with van der Waals surface area (Å²) in [5.41, 5.74) is 0.543. The molecular weight excluding hydrogens is 267 g/mol. The fourth-order valence-corrected chi connectivity index (χ4v) is 2.04. The van der Waals surface area contributed by atoms with E-state index in [0.29, 0.717) is 5.69 Å². The van der Waals surface area contributed by atoms with Crippen molar-refractivity contribution in [2.75, 3.05) is 0 Å². The van der Waals surface area contributed by atoms with Crippen molar-refractivity contribution in [1.82, 2.24) is 9.78 Å². The fraction of sp³-hybridized carbons (Fsp3) is 0.286. The van der Waals surface area contributed by atoms with E-state index < -0.39 is 5.82 Å². The minimum absolute atomic E-state index is 0.0420. The average molecular weight is 281 g/mol. The number of Topliss-reactive ketones (excluding diaryl/α,β-unsaturated/α-hetero) is 1. The summed E-state index contributed by atoms with van der Waals surface area (Å²) in [5.74, 6) is -0.960. The van der Waals surface area contributed by atoms with Crippen LogP contribution in [0.2, 0.25) is 5.02 Å². The third-order valence-corrected chi connectivity index (χ3v) is 3.09. The molecule has 1 aromatic carbocycles. The van der Waals surface area contributed by atoms with Crippen LogP contribution < -0.4 is 0 Å². The molecule has 0 spiro atoms. The van der Waals surface area contributed by atoms with Crippen molar-refractivity contribution >= 4 is 17.4 Å². The van der Waals surface area contributed by atoms with Gasteiger partial charge in [-0.05, 0) is 32.0 Å². The first kappa shape index (κ1) is 13.7. The molecular formula is C14H14ClFN2O. The Morgan fingerprint density at radius 3 is 2.74 bits per heavy atom. The summed E-state index contributed by atoms with van der Waals surface area (Å²) in [6.45, 7) is 3.98. The third kappa shape index (κ3) is 3.01. The fourth-order valence-electron chi connectivity index (χ4n) is 1.78. The molecule has 5 heteroatoms. The summed E-state index contributed by atoms with van der Waals surface area (Å²) in [6, 6.07) is 6.19. The highest BCUT2D eigenvalue weighted by Crippen LogP contribution is 2.20. The number of ketones is 1. The van der Waals surface area contributed by atoms with Crippen molar-refractivity contribution in [2.45, 2.75) is 26.3 Å². The molecule has 0 aliphatic heterocycles. The maximum atomic E-state index is 13.6. The Morgan fingerprint density at radius 2 is 2.16 bits per heavy atom. The van der Waals surface area contributed by atoms with Gasteiger partial charge in [0.25, 0.3) is 0 Å². The summed E-state index contributed by atoms with van der Waals surface area (Å²) in [4.78, 5) is 12.1. The predicted octanol–water partition coefficient (Wildman–Crippen LogP) is 3.68. The second-order valence-electron chi connectivity index (χ2n) is 4.58. The first-order valence-corrected chi connectivity index (χ1v) is 6.38. The van der Waals surface area contributed by atoms with Gasteiger partial charge in [0, 0.05) is 12.2 Å². The Balaban J connectivity index is 2.21. The number of halogens is 2. The Kier molecular flexibility index (Phi) is 4.00. The molecule has 0 saturated heterocycles. The van der Waals surface area contributed by atoms with Gasteiger partial charge in [-0.15, -0.1) is 0 Å². The van der Waals surface area contributed by atoms with Gasteiger partial charge in [-0.2, -0.15) is 5.10 Å². The van der Waals surface area contributed by atoms with Gasteiger partial charge in [-0.25, -0.2) is 4.39 Å². The number of hydrogen-bond donors (Lipinski definition) is 0. The average Bonchev–Trinajstić information content (AvgIpc) is 2.77. The van der Waals surface area contributed by atoms with E-state index in [4.69, 9.17) is 11.6 Å². The van der Waals surface area contributed by atoms with Crippen molar-refractivity contribution in [3.63, 3.8) is 0 Å². The van der Waals surface area contributed by atoms with Gasteiger partial charge in [-0.1, -0.05) is 17.7 Å². The van der Waals surface area contributed by atoms with Gasteiger partial charge in [0.1, 0.15) is 5.82 Å². The van der Waals surface area contributed by atoms with E-state index in [1.807, 2.05) is 13.8 Å². The number of carbonyl (C=O) groups is 1. The Morgan fingerprint density at radius 1 is 1.42 bits per heavy atom. The second kappa shape index (κ2) is 5.53. The number of benzene rings is 1. The molecule has 0 aliphatic carbocycles. The summed E-state index contributed by atoms with van der Waals surface area (Å²) < 4.78 is 15.4. The predicted molar refractivity (Wildman–Crippen MR) is 72.1 cm³/mol. The number of nitrogens with zero attached hydrogens (tertiary/aromatic N) is 2. The van der Waals surface area contributed by atoms with Crippen LogP contribution in [0.1, 0.15) is 35.9 Å². The van der Waals surface area contributed by atoms with Crippen LogP contribution in [-0.2, 0) is 6.42 Å². The smallest absolute Gasteiger partial charge is 0.173 e. The molecule has 19 heavy (non-hydrogen) atoms. The summed E-state index contributed by atoms with van der Waals surface area (Å²) in [6.07, 6.45) is 1.84. The van der Waals surface area contributed by atoms with Crippen molar-refractivity contribution in [2.24, 2.45) is 0 Å². The van der Waals surface area contributed by atoms with Gasteiger partial charge in [0.05, 0.1) is 22.7 Å². The molecule has 0 fully saturated rings. The highest BCUT2D eigenvalue weighted by Gasteiger charge is 2.17. The molecule has 3 nitrogen and oxygen atoms in total. The largest absolute Gasteiger partial charge is 0.294 e. The number of carbonyl (C=O) groups excluding carboxylic acids is 1. The molecule has 0 atom stereocenters. The maximum Gasteiger partial charge on any atom is 0.173 e. The molecule has 0 saturated carbocycles. The van der Waals surface area contributed by atoms with E-state index in [2.05, 4.69) is 5.10 Å². The van der Waals surface area contributed by atoms with Crippen LogP contribution in [0.4, 0.5) is 4.39 Å². The maximum absolute atomic E-state index is 13.6. The molecule has 0 unspecified atom stereocenters. The monoisotopic (exact) mass is 280 g/mol. The highest BCUT2D eigenvalue weighted by molar-refractivity contribution is 6.34. The van der Waals surface area contributed by atoms with Crippen LogP contribution >= 0.6 is 11.6 Å². The van der Waals surface area contributed by atoms with Gasteiger partial charge >= 0.3 is 0 Å². The van der Waals surface area contributed by atoms with E-state index in [-0.39, 0.29) is 28.8 Å². The van der Waals surface area contributed by atoms with Crippen LogP contribution in [0.3, 0.4) is 0 Å². The zero-order valence-corrected chi connectivity index (χ0v) is 11.5. The zero-order valence-electron chi connectivity index (χ0n) is 10.7. The zero-order chi connectivity index (χ0) is 14.0. The molecule has 2 rings (SSSR count). The van der Waals surface area contributed by atoms with E-state index in [9.17, 15) is 9.18 Å². The number of rotatable bonds is 4. The minimum atomic E-state index is -0.596. The standard InChI is InChI=1S/C14H14ClFN2O/c1-9(2)18-7-6-10(17-18)8-13(19)14-11(15)4-3-5-12(14)16/h3-7,9H,8H2,1-2H3. The molecule has 2 aromatic rings. The Labute approximate surface area is 116 Å². The van der Waals surface area contributed by atoms with Gasteiger partial charge < -0.3 is 0 Å². The van der Waals surface area contributed by atoms with E-state index >= 15 is 0 Å². The Bertz CT molecular complexity index is 587. The molecule has 100 valence electrons. The van der Waals surface area contributed by atoms with E-state index in [0.717, 1.165) is 0 Å². The van der Waals surface area contributed by atoms with Crippen LogP contribution in [0.25, 0.3) is 0 Å². The molecule has 0 N–H and O–H groups in total. The minimum Gasteiger partial charge on any atom is -0.294 e. The first-order chi connectivity index (χ1) is 8.99. The summed E-state index contributed by atoms with van der Waals surface area (Å²) >= 11 is 5.86. The normalized spacial score (nSPS) is 11.0. The number of hydrogen-bond acceptors (Lipinski definition) is 2. The van der Waals surface area contributed by atoms with Crippen LogP contribution in [-0.4, -0.2) is 15.6 Å². The Hall–Kier alpha value is -1.68. The summed E-state index contributed by atoms with van der Waals surface area (Å²) in [5, 5.41) is 4.40.